The van der Waals surface area contributed by atoms with Gasteiger partial charge in [-0.15, -0.1) is 0 Å². The number of hydrogen-bond acceptors (Lipinski definition) is 6. The Balaban J connectivity index is 0.000000188. The van der Waals surface area contributed by atoms with Crippen molar-refractivity contribution in [3.05, 3.63) is 93.1 Å². The molecule has 7 N–H and O–H groups in total. The lowest BCUT2D eigenvalue weighted by molar-refractivity contribution is -0.138. The standard InChI is InChI=1S/C19H20N2O4.C17H16N2O4/c1-10-13(6-7-18(22)23)11(2)20-16(10)9-15-14-5-4-12(25-3)8-17(14)21-19(15)24;1-9-10(2-5-16(21)22)8-18-14(9)7-13-12-4-3-11(20)6-15(12)19-17(13)23/h4-5,8-9,20H,6-7H2,1-3H3,(H,21,24)(H,22,23);3-4,6-8,18,20H,2,5H2,1H3,(H,19,23)(H,21,22). The molecular weight excluding hydrogens is 616 g/mol. The van der Waals surface area contributed by atoms with Gasteiger partial charge >= 0.3 is 11.9 Å². The number of rotatable bonds is 9. The average molecular weight is 653 g/mol. The van der Waals surface area contributed by atoms with Gasteiger partial charge in [0.2, 0.25) is 0 Å². The fourth-order valence-corrected chi connectivity index (χ4v) is 5.83. The second-order valence-corrected chi connectivity index (χ2v) is 11.6. The number of amides is 2. The molecule has 0 spiro atoms. The van der Waals surface area contributed by atoms with Crippen LogP contribution >= 0.6 is 0 Å². The first-order valence-electron chi connectivity index (χ1n) is 15.2. The second-order valence-electron chi connectivity index (χ2n) is 11.6. The third-order valence-electron chi connectivity index (χ3n) is 8.49. The number of nitrogens with one attached hydrogen (secondary N) is 4. The normalized spacial score (nSPS) is 14.7. The van der Waals surface area contributed by atoms with Gasteiger partial charge in [0.1, 0.15) is 11.5 Å². The van der Waals surface area contributed by atoms with Crippen LogP contribution in [0.15, 0.2) is 42.6 Å². The van der Waals surface area contributed by atoms with Gasteiger partial charge in [-0.3, -0.25) is 19.2 Å². The molecule has 2 amide bonds. The van der Waals surface area contributed by atoms with E-state index in [0.717, 1.165) is 56.1 Å². The van der Waals surface area contributed by atoms with Gasteiger partial charge in [-0.05, 0) is 92.3 Å². The molecule has 4 heterocycles. The van der Waals surface area contributed by atoms with Crippen LogP contribution in [-0.4, -0.2) is 56.2 Å². The highest BCUT2D eigenvalue weighted by Gasteiger charge is 2.26. The lowest BCUT2D eigenvalue weighted by atomic mass is 10.0. The van der Waals surface area contributed by atoms with Crippen molar-refractivity contribution in [2.45, 2.75) is 46.5 Å². The van der Waals surface area contributed by atoms with Crippen molar-refractivity contribution < 1.29 is 39.2 Å². The number of aromatic amines is 2. The molecule has 0 unspecified atom stereocenters. The highest BCUT2D eigenvalue weighted by atomic mass is 16.5. The Kier molecular flexibility index (Phi) is 9.55. The van der Waals surface area contributed by atoms with Crippen LogP contribution in [-0.2, 0) is 32.0 Å². The number of methoxy groups -OCH3 is 1. The van der Waals surface area contributed by atoms with Gasteiger partial charge in [-0.2, -0.15) is 0 Å². The number of fused-ring (bicyclic) bond motifs is 2. The molecule has 0 radical (unpaired) electrons. The van der Waals surface area contributed by atoms with E-state index >= 15 is 0 Å². The van der Waals surface area contributed by atoms with Crippen molar-refractivity contribution in [1.82, 2.24) is 9.97 Å². The van der Waals surface area contributed by atoms with E-state index in [2.05, 4.69) is 20.6 Å². The first-order valence-corrected chi connectivity index (χ1v) is 15.2. The summed E-state index contributed by atoms with van der Waals surface area (Å²) in [6, 6.07) is 10.2. The van der Waals surface area contributed by atoms with Gasteiger partial charge in [-0.25, -0.2) is 0 Å². The maximum atomic E-state index is 12.3. The van der Waals surface area contributed by atoms with Crippen LogP contribution in [0.25, 0.3) is 23.3 Å². The third-order valence-corrected chi connectivity index (χ3v) is 8.49. The predicted octanol–water partition coefficient (Wildman–Crippen LogP) is 5.69. The van der Waals surface area contributed by atoms with E-state index < -0.39 is 11.9 Å². The minimum Gasteiger partial charge on any atom is -0.508 e. The van der Waals surface area contributed by atoms with E-state index in [1.165, 1.54) is 12.1 Å². The van der Waals surface area contributed by atoms with E-state index in [1.807, 2.05) is 39.0 Å². The van der Waals surface area contributed by atoms with Crippen molar-refractivity contribution in [3.8, 4) is 11.5 Å². The topological polar surface area (TPSA) is 194 Å². The Labute approximate surface area is 276 Å². The van der Waals surface area contributed by atoms with Gasteiger partial charge in [0.15, 0.2) is 0 Å². The Morgan fingerprint density at radius 1 is 0.792 bits per heavy atom. The Bertz CT molecular complexity index is 2010. The molecule has 0 saturated carbocycles. The Hall–Kier alpha value is -6.04. The molecule has 6 rings (SSSR count). The number of carboxylic acids is 2. The summed E-state index contributed by atoms with van der Waals surface area (Å²) in [5, 5.41) is 32.7. The highest BCUT2D eigenvalue weighted by molar-refractivity contribution is 6.35. The fraction of sp³-hybridized carbons (Fsp3) is 0.222. The first-order chi connectivity index (χ1) is 22.9. The molecule has 2 aromatic heterocycles. The van der Waals surface area contributed by atoms with Crippen molar-refractivity contribution in [1.29, 1.82) is 0 Å². The van der Waals surface area contributed by atoms with Crippen LogP contribution in [0.1, 0.15) is 63.3 Å². The van der Waals surface area contributed by atoms with Crippen LogP contribution in [0.3, 0.4) is 0 Å². The minimum atomic E-state index is -0.839. The molecule has 0 saturated heterocycles. The molecule has 2 aliphatic heterocycles. The number of anilines is 2. The van der Waals surface area contributed by atoms with Crippen molar-refractivity contribution >= 4 is 58.4 Å². The zero-order valence-electron chi connectivity index (χ0n) is 26.9. The molecule has 0 bridgehead atoms. The Morgan fingerprint density at radius 3 is 2.00 bits per heavy atom. The SMILES string of the molecule is COc1ccc2c(c1)NC(=O)C2=Cc1[nH]c(C)c(CCC(=O)O)c1C.Cc1c(CCC(=O)O)c[nH]c1C=C1C(=O)Nc2cc(O)ccc21. The van der Waals surface area contributed by atoms with Crippen molar-refractivity contribution in [2.24, 2.45) is 0 Å². The lowest BCUT2D eigenvalue weighted by Gasteiger charge is -2.03. The quantitative estimate of drug-likeness (QED) is 0.112. The molecule has 248 valence electrons. The van der Waals surface area contributed by atoms with Gasteiger partial charge < -0.3 is 40.7 Å². The number of benzene rings is 2. The summed E-state index contributed by atoms with van der Waals surface area (Å²) in [6.45, 7) is 5.75. The van der Waals surface area contributed by atoms with Gasteiger partial charge in [-0.1, -0.05) is 0 Å². The molecule has 0 atom stereocenters. The summed E-state index contributed by atoms with van der Waals surface area (Å²) in [5.74, 6) is -1.28. The smallest absolute Gasteiger partial charge is 0.303 e. The lowest BCUT2D eigenvalue weighted by Crippen LogP contribution is -2.03. The number of aromatic hydroxyl groups is 1. The monoisotopic (exact) mass is 652 g/mol. The van der Waals surface area contributed by atoms with Gasteiger partial charge in [0, 0.05) is 59.4 Å². The minimum absolute atomic E-state index is 0.0668. The number of phenols is 1. The maximum absolute atomic E-state index is 12.3. The summed E-state index contributed by atoms with van der Waals surface area (Å²) < 4.78 is 5.19. The molecule has 2 aliphatic rings. The number of carboxylic acid groups (broad SMARTS) is 2. The van der Waals surface area contributed by atoms with Gasteiger partial charge in [0.25, 0.3) is 11.8 Å². The molecule has 0 aliphatic carbocycles. The molecule has 12 nitrogen and oxygen atoms in total. The molecular formula is C36H36N4O8. The summed E-state index contributed by atoms with van der Waals surface area (Å²) >= 11 is 0. The van der Waals surface area contributed by atoms with E-state index in [-0.39, 0.29) is 30.4 Å². The molecule has 0 fully saturated rings. The number of carbonyl (C=O) groups is 4. The number of aliphatic carboxylic acids is 2. The molecule has 2 aromatic carbocycles. The zero-order valence-corrected chi connectivity index (χ0v) is 26.9. The van der Waals surface area contributed by atoms with Crippen LogP contribution < -0.4 is 15.4 Å². The predicted molar refractivity (Wildman–Crippen MR) is 182 cm³/mol. The first kappa shape index (κ1) is 33.3. The number of H-pyrrole nitrogens is 2. The van der Waals surface area contributed by atoms with Crippen molar-refractivity contribution in [2.75, 3.05) is 17.7 Å². The van der Waals surface area contributed by atoms with E-state index in [9.17, 15) is 24.3 Å². The number of phenolic OH excluding ortho intramolecular Hbond substituents is 1. The fourth-order valence-electron chi connectivity index (χ4n) is 5.83. The number of carbonyl (C=O) groups excluding carboxylic acids is 2. The number of ether oxygens (including phenoxy) is 1. The van der Waals surface area contributed by atoms with E-state index in [0.29, 0.717) is 35.4 Å². The largest absolute Gasteiger partial charge is 0.508 e. The molecule has 12 heteroatoms. The zero-order chi connectivity index (χ0) is 34.7. The van der Waals surface area contributed by atoms with Crippen LogP contribution in [0, 0.1) is 20.8 Å². The number of aromatic nitrogens is 2. The Morgan fingerprint density at radius 2 is 1.38 bits per heavy atom. The second kappa shape index (κ2) is 13.8. The number of aryl methyl sites for hydroxylation is 2. The molecule has 48 heavy (non-hydrogen) atoms. The summed E-state index contributed by atoms with van der Waals surface area (Å²) in [4.78, 5) is 52.3. The van der Waals surface area contributed by atoms with Gasteiger partial charge in [0.05, 0.1) is 29.6 Å². The number of hydrogen-bond donors (Lipinski definition) is 7. The van der Waals surface area contributed by atoms with Crippen LogP contribution in [0.2, 0.25) is 0 Å². The average Bonchev–Trinajstić information content (AvgIpc) is 3.73. The van der Waals surface area contributed by atoms with E-state index in [1.54, 1.807) is 31.5 Å². The van der Waals surface area contributed by atoms with Crippen molar-refractivity contribution in [3.63, 3.8) is 0 Å². The summed E-state index contributed by atoms with van der Waals surface area (Å²) in [5.41, 5.74) is 10.3. The maximum Gasteiger partial charge on any atom is 0.303 e. The summed E-state index contributed by atoms with van der Waals surface area (Å²) in [6.07, 6.45) is 6.40. The van der Waals surface area contributed by atoms with E-state index in [4.69, 9.17) is 14.9 Å². The van der Waals surface area contributed by atoms with Crippen LogP contribution in [0.5, 0.6) is 11.5 Å². The molecule has 4 aromatic rings. The third kappa shape index (κ3) is 7.02. The van der Waals surface area contributed by atoms with Crippen LogP contribution in [0.4, 0.5) is 11.4 Å². The highest BCUT2D eigenvalue weighted by Crippen LogP contribution is 2.37. The summed E-state index contributed by atoms with van der Waals surface area (Å²) in [7, 11) is 1.58.